The third-order valence-electron chi connectivity index (χ3n) is 3.03. The Morgan fingerprint density at radius 1 is 1.09 bits per heavy atom. The van der Waals surface area contributed by atoms with Gasteiger partial charge in [0.1, 0.15) is 18.1 Å². The van der Waals surface area contributed by atoms with Crippen molar-refractivity contribution in [3.05, 3.63) is 72.8 Å². The smallest absolute Gasteiger partial charge is 0.248 e. The highest BCUT2D eigenvalue weighted by Crippen LogP contribution is 2.16. The van der Waals surface area contributed by atoms with Crippen molar-refractivity contribution in [1.29, 1.82) is 0 Å². The summed E-state index contributed by atoms with van der Waals surface area (Å²) in [5.41, 5.74) is 1.63. The number of hydrogen-bond acceptors (Lipinski definition) is 3. The molecule has 0 fully saturated rings. The molecule has 0 aliphatic heterocycles. The minimum absolute atomic E-state index is 0.194. The summed E-state index contributed by atoms with van der Waals surface area (Å²) in [7, 11) is 1.62. The minimum Gasteiger partial charge on any atom is -0.497 e. The van der Waals surface area contributed by atoms with E-state index in [1.807, 2.05) is 24.3 Å². The van der Waals surface area contributed by atoms with E-state index in [-0.39, 0.29) is 5.91 Å². The molecule has 0 atom stereocenters. The summed E-state index contributed by atoms with van der Waals surface area (Å²) < 4.78 is 10.5. The molecule has 118 valence electrons. The Kier molecular flexibility index (Phi) is 6.00. The average Bonchev–Trinajstić information content (AvgIpc) is 2.60. The summed E-state index contributed by atoms with van der Waals surface area (Å²) in [5, 5.41) is 2.79. The van der Waals surface area contributed by atoms with Crippen molar-refractivity contribution in [2.45, 2.75) is 0 Å². The number of carbonyl (C=O) groups excluding carboxylic acids is 1. The Bertz CT molecular complexity index is 673. The normalized spacial score (nSPS) is 10.3. The Morgan fingerprint density at radius 2 is 1.74 bits per heavy atom. The largest absolute Gasteiger partial charge is 0.497 e. The zero-order chi connectivity index (χ0) is 16.5. The molecule has 0 saturated carbocycles. The molecular formula is C19H19NO3. The summed E-state index contributed by atoms with van der Waals surface area (Å²) in [6, 6.07) is 14.6. The molecule has 0 heterocycles. The Hall–Kier alpha value is -3.01. The first-order valence-electron chi connectivity index (χ1n) is 7.18. The van der Waals surface area contributed by atoms with Gasteiger partial charge >= 0.3 is 0 Å². The van der Waals surface area contributed by atoms with Crippen LogP contribution in [0.3, 0.4) is 0 Å². The topological polar surface area (TPSA) is 47.6 Å². The Labute approximate surface area is 136 Å². The van der Waals surface area contributed by atoms with Crippen LogP contribution in [-0.4, -0.2) is 19.6 Å². The lowest BCUT2D eigenvalue weighted by Gasteiger charge is -2.05. The maximum absolute atomic E-state index is 11.9. The fourth-order valence-electron chi connectivity index (χ4n) is 1.86. The molecule has 0 unspecified atom stereocenters. The van der Waals surface area contributed by atoms with E-state index in [9.17, 15) is 4.79 Å². The number of hydrogen-bond donors (Lipinski definition) is 1. The van der Waals surface area contributed by atoms with Crippen molar-refractivity contribution in [1.82, 2.24) is 0 Å². The van der Waals surface area contributed by atoms with Crippen LogP contribution < -0.4 is 14.8 Å². The first kappa shape index (κ1) is 16.4. The number of rotatable bonds is 7. The second-order valence-electron chi connectivity index (χ2n) is 4.72. The van der Waals surface area contributed by atoms with E-state index in [4.69, 9.17) is 9.47 Å². The molecule has 4 heteroatoms. The Balaban J connectivity index is 1.90. The molecule has 0 spiro atoms. The van der Waals surface area contributed by atoms with Gasteiger partial charge in [-0.1, -0.05) is 24.8 Å². The standard InChI is InChI=1S/C19H19NO3/c1-3-14-23-18-11-7-16(8-12-18)20-19(21)13-6-15-4-9-17(22-2)10-5-15/h3-13H,1,14H2,2H3,(H,20,21)/b13-6+. The molecule has 1 N–H and O–H groups in total. The maximum atomic E-state index is 11.9. The third-order valence-corrected chi connectivity index (χ3v) is 3.03. The van der Waals surface area contributed by atoms with Gasteiger partial charge in [-0.3, -0.25) is 4.79 Å². The van der Waals surface area contributed by atoms with Gasteiger partial charge in [0.05, 0.1) is 7.11 Å². The minimum atomic E-state index is -0.194. The molecule has 1 amide bonds. The van der Waals surface area contributed by atoms with Crippen LogP contribution in [0.2, 0.25) is 0 Å². The fraction of sp³-hybridized carbons (Fsp3) is 0.105. The number of methoxy groups -OCH3 is 1. The van der Waals surface area contributed by atoms with Crippen molar-refractivity contribution in [3.63, 3.8) is 0 Å². The van der Waals surface area contributed by atoms with Crippen molar-refractivity contribution in [2.24, 2.45) is 0 Å². The predicted molar refractivity (Wildman–Crippen MR) is 92.8 cm³/mol. The van der Waals surface area contributed by atoms with Gasteiger partial charge in [0.2, 0.25) is 5.91 Å². The van der Waals surface area contributed by atoms with E-state index in [0.717, 1.165) is 17.1 Å². The average molecular weight is 309 g/mol. The van der Waals surface area contributed by atoms with E-state index in [1.165, 1.54) is 6.08 Å². The first-order valence-corrected chi connectivity index (χ1v) is 7.18. The van der Waals surface area contributed by atoms with E-state index in [2.05, 4.69) is 11.9 Å². The quantitative estimate of drug-likeness (QED) is 0.623. The molecule has 4 nitrogen and oxygen atoms in total. The maximum Gasteiger partial charge on any atom is 0.248 e. The number of anilines is 1. The van der Waals surface area contributed by atoms with Crippen molar-refractivity contribution >= 4 is 17.7 Å². The summed E-state index contributed by atoms with van der Waals surface area (Å²) >= 11 is 0. The van der Waals surface area contributed by atoms with Crippen LogP contribution in [0.15, 0.2) is 67.3 Å². The Morgan fingerprint density at radius 3 is 2.35 bits per heavy atom. The third kappa shape index (κ3) is 5.36. The van der Waals surface area contributed by atoms with Crippen LogP contribution in [0.5, 0.6) is 11.5 Å². The molecule has 0 aliphatic carbocycles. The lowest BCUT2D eigenvalue weighted by Crippen LogP contribution is -2.07. The van der Waals surface area contributed by atoms with Crippen LogP contribution in [0.1, 0.15) is 5.56 Å². The van der Waals surface area contributed by atoms with Crippen molar-refractivity contribution in [2.75, 3.05) is 19.0 Å². The molecule has 2 rings (SSSR count). The first-order chi connectivity index (χ1) is 11.2. The van der Waals surface area contributed by atoms with Crippen LogP contribution >= 0.6 is 0 Å². The molecule has 0 radical (unpaired) electrons. The second-order valence-corrected chi connectivity index (χ2v) is 4.72. The van der Waals surface area contributed by atoms with Crippen LogP contribution in [-0.2, 0) is 4.79 Å². The van der Waals surface area contributed by atoms with Gasteiger partial charge in [0.25, 0.3) is 0 Å². The van der Waals surface area contributed by atoms with E-state index < -0.39 is 0 Å². The van der Waals surface area contributed by atoms with E-state index >= 15 is 0 Å². The van der Waals surface area contributed by atoms with Gasteiger partial charge < -0.3 is 14.8 Å². The molecule has 0 aromatic heterocycles. The molecule has 0 aliphatic rings. The summed E-state index contributed by atoms with van der Waals surface area (Å²) in [5.74, 6) is 1.32. The van der Waals surface area contributed by atoms with Crippen LogP contribution in [0.25, 0.3) is 6.08 Å². The van der Waals surface area contributed by atoms with Gasteiger partial charge in [-0.25, -0.2) is 0 Å². The summed E-state index contributed by atoms with van der Waals surface area (Å²) in [4.78, 5) is 11.9. The molecule has 23 heavy (non-hydrogen) atoms. The number of carbonyl (C=O) groups is 1. The SMILES string of the molecule is C=CCOc1ccc(NC(=O)/C=C/c2ccc(OC)cc2)cc1. The highest BCUT2D eigenvalue weighted by atomic mass is 16.5. The predicted octanol–water partition coefficient (Wildman–Crippen LogP) is 3.91. The summed E-state index contributed by atoms with van der Waals surface area (Å²) in [6.45, 7) is 4.05. The monoisotopic (exact) mass is 309 g/mol. The zero-order valence-corrected chi connectivity index (χ0v) is 13.0. The fourth-order valence-corrected chi connectivity index (χ4v) is 1.86. The zero-order valence-electron chi connectivity index (χ0n) is 13.0. The van der Waals surface area contributed by atoms with Crippen LogP contribution in [0.4, 0.5) is 5.69 Å². The van der Waals surface area contributed by atoms with Crippen molar-refractivity contribution < 1.29 is 14.3 Å². The van der Waals surface area contributed by atoms with Crippen LogP contribution in [0, 0.1) is 0 Å². The highest BCUT2D eigenvalue weighted by Gasteiger charge is 1.99. The molecule has 0 saturated heterocycles. The highest BCUT2D eigenvalue weighted by molar-refractivity contribution is 6.01. The van der Waals surface area contributed by atoms with Crippen molar-refractivity contribution in [3.8, 4) is 11.5 Å². The van der Waals surface area contributed by atoms with E-state index in [0.29, 0.717) is 12.3 Å². The van der Waals surface area contributed by atoms with Gasteiger partial charge in [0, 0.05) is 11.8 Å². The van der Waals surface area contributed by atoms with Gasteiger partial charge in [-0.2, -0.15) is 0 Å². The van der Waals surface area contributed by atoms with Gasteiger partial charge in [0.15, 0.2) is 0 Å². The number of benzene rings is 2. The lowest BCUT2D eigenvalue weighted by atomic mass is 10.2. The number of ether oxygens (including phenoxy) is 2. The molecule has 2 aromatic rings. The molecule has 0 bridgehead atoms. The van der Waals surface area contributed by atoms with E-state index in [1.54, 1.807) is 43.5 Å². The molecular weight excluding hydrogens is 290 g/mol. The lowest BCUT2D eigenvalue weighted by molar-refractivity contribution is -0.111. The summed E-state index contributed by atoms with van der Waals surface area (Å²) in [6.07, 6.45) is 4.92. The number of amides is 1. The number of nitrogens with one attached hydrogen (secondary N) is 1. The molecule has 2 aromatic carbocycles. The van der Waals surface area contributed by atoms with Gasteiger partial charge in [-0.15, -0.1) is 0 Å². The van der Waals surface area contributed by atoms with Gasteiger partial charge in [-0.05, 0) is 48.0 Å². The second kappa shape index (κ2) is 8.44.